The maximum atomic E-state index is 12.0. The van der Waals surface area contributed by atoms with Crippen LogP contribution in [-0.4, -0.2) is 27.4 Å². The summed E-state index contributed by atoms with van der Waals surface area (Å²) in [6.45, 7) is 0.653. The van der Waals surface area contributed by atoms with Crippen LogP contribution in [0.15, 0.2) is 29.4 Å². The quantitative estimate of drug-likeness (QED) is 0.356. The molecule has 0 atom stereocenters. The van der Waals surface area contributed by atoms with Crippen molar-refractivity contribution in [3.8, 4) is 0 Å². The molecule has 1 saturated heterocycles. The molecular weight excluding hydrogens is 256 g/mol. The predicted octanol–water partition coefficient (Wildman–Crippen LogP) is 3.10. The molecule has 1 amide bonds. The van der Waals surface area contributed by atoms with E-state index in [0.29, 0.717) is 22.1 Å². The van der Waals surface area contributed by atoms with E-state index < -0.39 is 0 Å². The highest BCUT2D eigenvalue weighted by atomic mass is 32.2. The summed E-state index contributed by atoms with van der Waals surface area (Å²) in [6.07, 6.45) is 0. The van der Waals surface area contributed by atoms with Gasteiger partial charge in [0.05, 0.1) is 0 Å². The van der Waals surface area contributed by atoms with Crippen molar-refractivity contribution in [1.29, 1.82) is 0 Å². The summed E-state index contributed by atoms with van der Waals surface area (Å²) in [6, 6.07) is 6.49. The summed E-state index contributed by atoms with van der Waals surface area (Å²) in [5.41, 5.74) is 9.31. The lowest BCUT2D eigenvalue weighted by Crippen LogP contribution is -2.30. The second kappa shape index (κ2) is 5.18. The number of hydrogen-bond donors (Lipinski definition) is 0. The minimum absolute atomic E-state index is 0.104. The average molecular weight is 264 g/mol. The van der Waals surface area contributed by atoms with Crippen LogP contribution < -0.4 is 0 Å². The van der Waals surface area contributed by atoms with Crippen molar-refractivity contribution in [2.45, 2.75) is 0 Å². The lowest BCUT2D eigenvalue weighted by atomic mass is 10.2. The topological polar surface area (TPSA) is 69.1 Å². The molecule has 1 fully saturated rings. The number of carbonyl (C=O) groups excluding carboxylic acids is 1. The molecule has 0 unspecified atom stereocenters. The standard InChI is InChI=1S/C10H8N4OS2/c11-13-12-8-3-1-7(2-4-8)9(15)14-5-6-17-10(14)16/h1-4H,5-6H2. The molecule has 0 N–H and O–H groups in total. The van der Waals surface area contributed by atoms with E-state index in [2.05, 4.69) is 10.0 Å². The highest BCUT2D eigenvalue weighted by Crippen LogP contribution is 2.21. The summed E-state index contributed by atoms with van der Waals surface area (Å²) in [5, 5.41) is 3.45. The van der Waals surface area contributed by atoms with E-state index in [0.717, 1.165) is 5.75 Å². The molecule has 0 aromatic heterocycles. The van der Waals surface area contributed by atoms with Crippen molar-refractivity contribution in [3.63, 3.8) is 0 Å². The van der Waals surface area contributed by atoms with Gasteiger partial charge in [0.2, 0.25) is 0 Å². The van der Waals surface area contributed by atoms with E-state index >= 15 is 0 Å². The minimum Gasteiger partial charge on any atom is -0.293 e. The van der Waals surface area contributed by atoms with Crippen molar-refractivity contribution >= 4 is 39.9 Å². The fourth-order valence-corrected chi connectivity index (χ4v) is 2.66. The van der Waals surface area contributed by atoms with Crippen LogP contribution in [-0.2, 0) is 0 Å². The third kappa shape index (κ3) is 2.58. The number of hydrogen-bond acceptors (Lipinski definition) is 4. The molecule has 17 heavy (non-hydrogen) atoms. The largest absolute Gasteiger partial charge is 0.293 e. The summed E-state index contributed by atoms with van der Waals surface area (Å²) in [7, 11) is 0. The molecule has 0 saturated carbocycles. The van der Waals surface area contributed by atoms with Gasteiger partial charge >= 0.3 is 0 Å². The van der Waals surface area contributed by atoms with Gasteiger partial charge in [-0.3, -0.25) is 9.69 Å². The zero-order chi connectivity index (χ0) is 12.3. The molecule has 1 aromatic carbocycles. The third-order valence-electron chi connectivity index (χ3n) is 2.28. The van der Waals surface area contributed by atoms with E-state index in [1.54, 1.807) is 29.2 Å². The number of thioether (sulfide) groups is 1. The number of thiocarbonyl (C=S) groups is 1. The normalized spacial score (nSPS) is 14.6. The van der Waals surface area contributed by atoms with Crippen molar-refractivity contribution in [2.75, 3.05) is 12.3 Å². The van der Waals surface area contributed by atoms with E-state index in [1.807, 2.05) is 0 Å². The van der Waals surface area contributed by atoms with Gasteiger partial charge in [0.25, 0.3) is 5.91 Å². The summed E-state index contributed by atoms with van der Waals surface area (Å²) < 4.78 is 0.620. The number of nitrogens with zero attached hydrogens (tertiary/aromatic N) is 4. The van der Waals surface area contributed by atoms with Gasteiger partial charge in [-0.25, -0.2) is 0 Å². The Labute approximate surface area is 107 Å². The first kappa shape index (κ1) is 11.9. The van der Waals surface area contributed by atoms with Gasteiger partial charge in [0.15, 0.2) is 0 Å². The van der Waals surface area contributed by atoms with Gasteiger partial charge in [-0.1, -0.05) is 41.2 Å². The molecule has 5 nitrogen and oxygen atoms in total. The summed E-state index contributed by atoms with van der Waals surface area (Å²) in [4.78, 5) is 16.3. The lowest BCUT2D eigenvalue weighted by molar-refractivity contribution is 0.0861. The van der Waals surface area contributed by atoms with Gasteiger partial charge in [-0.2, -0.15) is 0 Å². The Balaban J connectivity index is 2.19. The molecule has 0 aliphatic carbocycles. The predicted molar refractivity (Wildman–Crippen MR) is 71.3 cm³/mol. The molecule has 0 bridgehead atoms. The SMILES string of the molecule is [N-]=[N+]=Nc1ccc(C(=O)N2CCSC2=S)cc1. The molecule has 0 spiro atoms. The molecular formula is C10H8N4OS2. The van der Waals surface area contributed by atoms with E-state index in [1.165, 1.54) is 11.8 Å². The van der Waals surface area contributed by atoms with Crippen molar-refractivity contribution in [3.05, 3.63) is 40.3 Å². The molecule has 1 aromatic rings. The van der Waals surface area contributed by atoms with Crippen LogP contribution in [0.1, 0.15) is 10.4 Å². The van der Waals surface area contributed by atoms with Crippen LogP contribution in [0.25, 0.3) is 10.4 Å². The van der Waals surface area contributed by atoms with E-state index in [-0.39, 0.29) is 5.91 Å². The molecule has 7 heteroatoms. The van der Waals surface area contributed by atoms with E-state index in [9.17, 15) is 4.79 Å². The van der Waals surface area contributed by atoms with Gasteiger partial charge in [0, 0.05) is 28.5 Å². The second-order valence-corrected chi connectivity index (χ2v) is 5.04. The highest BCUT2D eigenvalue weighted by Gasteiger charge is 2.24. The molecule has 86 valence electrons. The molecule has 1 heterocycles. The third-order valence-corrected chi connectivity index (χ3v) is 3.71. The Morgan fingerprint density at radius 3 is 2.71 bits per heavy atom. The van der Waals surface area contributed by atoms with Gasteiger partial charge in [0.1, 0.15) is 4.32 Å². The van der Waals surface area contributed by atoms with Crippen LogP contribution >= 0.6 is 24.0 Å². The lowest BCUT2D eigenvalue weighted by Gasteiger charge is -2.14. The monoisotopic (exact) mass is 264 g/mol. The molecule has 0 radical (unpaired) electrons. The van der Waals surface area contributed by atoms with Crippen molar-refractivity contribution < 1.29 is 4.79 Å². The Kier molecular flexibility index (Phi) is 3.63. The van der Waals surface area contributed by atoms with Crippen LogP contribution in [0.2, 0.25) is 0 Å². The first-order chi connectivity index (χ1) is 8.22. The highest BCUT2D eigenvalue weighted by molar-refractivity contribution is 8.23. The minimum atomic E-state index is -0.104. The Bertz CT molecular complexity index is 508. The Hall–Kier alpha value is -1.56. The number of benzene rings is 1. The average Bonchev–Trinajstić information content (AvgIpc) is 2.76. The smallest absolute Gasteiger partial charge is 0.259 e. The first-order valence-electron chi connectivity index (χ1n) is 4.86. The van der Waals surface area contributed by atoms with Crippen LogP contribution in [0.5, 0.6) is 0 Å². The fourth-order valence-electron chi connectivity index (χ4n) is 1.46. The zero-order valence-electron chi connectivity index (χ0n) is 8.74. The van der Waals surface area contributed by atoms with Crippen molar-refractivity contribution in [2.24, 2.45) is 5.11 Å². The second-order valence-electron chi connectivity index (χ2n) is 3.31. The van der Waals surface area contributed by atoms with Crippen LogP contribution in [0.3, 0.4) is 0 Å². The first-order valence-corrected chi connectivity index (χ1v) is 6.25. The van der Waals surface area contributed by atoms with Crippen LogP contribution in [0.4, 0.5) is 5.69 Å². The maximum absolute atomic E-state index is 12.0. The number of rotatable bonds is 2. The van der Waals surface area contributed by atoms with Crippen molar-refractivity contribution in [1.82, 2.24) is 4.90 Å². The van der Waals surface area contributed by atoms with Gasteiger partial charge in [-0.15, -0.1) is 0 Å². The molecule has 2 rings (SSSR count). The Morgan fingerprint density at radius 1 is 1.47 bits per heavy atom. The molecule has 1 aliphatic heterocycles. The van der Waals surface area contributed by atoms with Gasteiger partial charge < -0.3 is 0 Å². The number of amides is 1. The summed E-state index contributed by atoms with van der Waals surface area (Å²) in [5.74, 6) is 0.744. The van der Waals surface area contributed by atoms with E-state index in [4.69, 9.17) is 17.7 Å². The molecule has 1 aliphatic rings. The maximum Gasteiger partial charge on any atom is 0.259 e. The number of carbonyl (C=O) groups is 1. The zero-order valence-corrected chi connectivity index (χ0v) is 10.4. The fraction of sp³-hybridized carbons (Fsp3) is 0.200. The van der Waals surface area contributed by atoms with Crippen LogP contribution in [0, 0.1) is 0 Å². The Morgan fingerprint density at radius 2 is 2.18 bits per heavy atom. The van der Waals surface area contributed by atoms with Gasteiger partial charge in [-0.05, 0) is 17.7 Å². The summed E-state index contributed by atoms with van der Waals surface area (Å²) >= 11 is 6.60. The number of azide groups is 1.